The van der Waals surface area contributed by atoms with Crippen LogP contribution in [0.1, 0.15) is 48.0 Å². The van der Waals surface area contributed by atoms with Crippen molar-refractivity contribution < 1.29 is 27.8 Å². The van der Waals surface area contributed by atoms with Gasteiger partial charge in [0.15, 0.2) is 0 Å². The largest absolute Gasteiger partial charge is 0.493 e. The summed E-state index contributed by atoms with van der Waals surface area (Å²) in [5.41, 5.74) is 1.27. The van der Waals surface area contributed by atoms with Crippen molar-refractivity contribution in [3.05, 3.63) is 59.4 Å². The van der Waals surface area contributed by atoms with E-state index in [1.165, 1.54) is 12.3 Å². The average Bonchev–Trinajstić information content (AvgIpc) is 2.71. The fraction of sp³-hybridized carbons (Fsp3) is 0.400. The van der Waals surface area contributed by atoms with Crippen molar-refractivity contribution in [3.8, 4) is 5.75 Å². The Bertz CT molecular complexity index is 899. The zero-order valence-electron chi connectivity index (χ0n) is 16.5. The summed E-state index contributed by atoms with van der Waals surface area (Å²) in [7, 11) is -3.93. The summed E-state index contributed by atoms with van der Waals surface area (Å²) >= 11 is 0. The number of pyridine rings is 1. The SMILES string of the molecule is CCOCc1ccc(C(=O)NS(=O)(=O)CCC(O)c2ccccc2OCC)cn1. The van der Waals surface area contributed by atoms with Crippen molar-refractivity contribution in [2.75, 3.05) is 19.0 Å². The van der Waals surface area contributed by atoms with Gasteiger partial charge in [0, 0.05) is 18.4 Å². The number of carbonyl (C=O) groups is 1. The van der Waals surface area contributed by atoms with Gasteiger partial charge in [-0.3, -0.25) is 9.78 Å². The molecule has 1 atom stereocenters. The van der Waals surface area contributed by atoms with Crippen molar-refractivity contribution in [2.45, 2.75) is 33.0 Å². The van der Waals surface area contributed by atoms with Gasteiger partial charge in [-0.05, 0) is 38.5 Å². The van der Waals surface area contributed by atoms with Crippen LogP contribution in [0.3, 0.4) is 0 Å². The molecule has 2 rings (SSSR count). The van der Waals surface area contributed by atoms with E-state index < -0.39 is 27.8 Å². The summed E-state index contributed by atoms with van der Waals surface area (Å²) in [6.07, 6.45) is 0.175. The second kappa shape index (κ2) is 10.9. The minimum absolute atomic E-state index is 0.0851. The maximum absolute atomic E-state index is 12.3. The summed E-state index contributed by atoms with van der Waals surface area (Å²) in [6.45, 7) is 4.97. The number of aliphatic hydroxyl groups excluding tert-OH is 1. The Hall–Kier alpha value is -2.49. The molecule has 2 aromatic rings. The van der Waals surface area contributed by atoms with Gasteiger partial charge in [0.05, 0.1) is 36.3 Å². The molecule has 1 unspecified atom stereocenters. The number of hydrogen-bond acceptors (Lipinski definition) is 7. The topological polar surface area (TPSA) is 115 Å². The standard InChI is InChI=1S/C20H26N2O6S/c1-3-27-14-16-10-9-15(13-21-16)20(24)22-29(25,26)12-11-18(23)17-7-5-6-8-19(17)28-4-2/h5-10,13,18,23H,3-4,11-12,14H2,1-2H3,(H,22,24). The zero-order chi connectivity index (χ0) is 21.3. The molecule has 1 aromatic carbocycles. The van der Waals surface area contributed by atoms with Crippen LogP contribution in [0.2, 0.25) is 0 Å². The number of hydrogen-bond donors (Lipinski definition) is 2. The smallest absolute Gasteiger partial charge is 0.266 e. The molecule has 1 aromatic heterocycles. The van der Waals surface area contributed by atoms with Crippen molar-refractivity contribution in [1.29, 1.82) is 0 Å². The molecule has 0 aliphatic carbocycles. The highest BCUT2D eigenvalue weighted by Gasteiger charge is 2.20. The van der Waals surface area contributed by atoms with E-state index in [1.807, 2.05) is 18.6 Å². The lowest BCUT2D eigenvalue weighted by Gasteiger charge is -2.15. The summed E-state index contributed by atoms with van der Waals surface area (Å²) in [5, 5.41) is 10.4. The van der Waals surface area contributed by atoms with E-state index in [0.29, 0.717) is 36.8 Å². The number of carbonyl (C=O) groups excluding carboxylic acids is 1. The highest BCUT2D eigenvalue weighted by Crippen LogP contribution is 2.27. The van der Waals surface area contributed by atoms with Crippen LogP contribution in [0.4, 0.5) is 0 Å². The number of sulfonamides is 1. The molecule has 9 heteroatoms. The van der Waals surface area contributed by atoms with Crippen molar-refractivity contribution in [2.24, 2.45) is 0 Å². The van der Waals surface area contributed by atoms with Crippen LogP contribution in [-0.4, -0.2) is 43.4 Å². The van der Waals surface area contributed by atoms with E-state index >= 15 is 0 Å². The molecule has 0 aliphatic rings. The first-order valence-corrected chi connectivity index (χ1v) is 11.0. The van der Waals surface area contributed by atoms with Gasteiger partial charge in [0.2, 0.25) is 10.0 Å². The summed E-state index contributed by atoms with van der Waals surface area (Å²) in [6, 6.07) is 9.98. The van der Waals surface area contributed by atoms with E-state index in [2.05, 4.69) is 4.98 Å². The number of nitrogens with one attached hydrogen (secondary N) is 1. The van der Waals surface area contributed by atoms with Gasteiger partial charge in [0.1, 0.15) is 5.75 Å². The van der Waals surface area contributed by atoms with Gasteiger partial charge in [-0.2, -0.15) is 0 Å². The van der Waals surface area contributed by atoms with Gasteiger partial charge >= 0.3 is 0 Å². The summed E-state index contributed by atoms with van der Waals surface area (Å²) in [4.78, 5) is 16.3. The highest BCUT2D eigenvalue weighted by molar-refractivity contribution is 7.90. The predicted octanol–water partition coefficient (Wildman–Crippen LogP) is 2.20. The maximum Gasteiger partial charge on any atom is 0.266 e. The quantitative estimate of drug-likeness (QED) is 0.570. The molecule has 1 amide bonds. The molecule has 0 fully saturated rings. The van der Waals surface area contributed by atoms with Gasteiger partial charge in [-0.1, -0.05) is 18.2 Å². The lowest BCUT2D eigenvalue weighted by Crippen LogP contribution is -2.33. The number of para-hydroxylation sites is 1. The van der Waals surface area contributed by atoms with E-state index in [-0.39, 0.29) is 12.0 Å². The molecule has 0 saturated carbocycles. The Morgan fingerprint density at radius 2 is 1.93 bits per heavy atom. The Morgan fingerprint density at radius 3 is 2.59 bits per heavy atom. The number of benzene rings is 1. The summed E-state index contributed by atoms with van der Waals surface area (Å²) in [5.74, 6) is -0.692. The third-order valence-corrected chi connectivity index (χ3v) is 5.30. The van der Waals surface area contributed by atoms with Crippen LogP contribution >= 0.6 is 0 Å². The van der Waals surface area contributed by atoms with Crippen LogP contribution in [0.15, 0.2) is 42.6 Å². The van der Waals surface area contributed by atoms with Gasteiger partial charge in [0.25, 0.3) is 5.91 Å². The predicted molar refractivity (Wildman–Crippen MR) is 108 cm³/mol. The lowest BCUT2D eigenvalue weighted by atomic mass is 10.1. The minimum Gasteiger partial charge on any atom is -0.493 e. The van der Waals surface area contributed by atoms with Crippen LogP contribution in [0.5, 0.6) is 5.75 Å². The molecule has 0 radical (unpaired) electrons. The third-order valence-electron chi connectivity index (χ3n) is 4.03. The van der Waals surface area contributed by atoms with Crippen molar-refractivity contribution in [1.82, 2.24) is 9.71 Å². The second-order valence-corrected chi connectivity index (χ2v) is 8.04. The van der Waals surface area contributed by atoms with Crippen molar-refractivity contribution >= 4 is 15.9 Å². The van der Waals surface area contributed by atoms with Crippen LogP contribution in [-0.2, 0) is 21.4 Å². The fourth-order valence-electron chi connectivity index (χ4n) is 2.57. The number of nitrogens with zero attached hydrogens (tertiary/aromatic N) is 1. The zero-order valence-corrected chi connectivity index (χ0v) is 17.3. The first kappa shape index (κ1) is 22.8. The van der Waals surface area contributed by atoms with Crippen LogP contribution in [0.25, 0.3) is 0 Å². The monoisotopic (exact) mass is 422 g/mol. The third kappa shape index (κ3) is 7.12. The molecule has 8 nitrogen and oxygen atoms in total. The Morgan fingerprint density at radius 1 is 1.17 bits per heavy atom. The molecule has 29 heavy (non-hydrogen) atoms. The van der Waals surface area contributed by atoms with Crippen LogP contribution in [0, 0.1) is 0 Å². The Kier molecular flexibility index (Phi) is 8.56. The first-order valence-electron chi connectivity index (χ1n) is 9.33. The maximum atomic E-state index is 12.3. The number of aromatic nitrogens is 1. The number of ether oxygens (including phenoxy) is 2. The van der Waals surface area contributed by atoms with E-state index in [9.17, 15) is 18.3 Å². The molecule has 0 saturated heterocycles. The molecular weight excluding hydrogens is 396 g/mol. The Balaban J connectivity index is 1.95. The molecule has 1 heterocycles. The highest BCUT2D eigenvalue weighted by atomic mass is 32.2. The van der Waals surface area contributed by atoms with Gasteiger partial charge in [-0.25, -0.2) is 13.1 Å². The second-order valence-electron chi connectivity index (χ2n) is 6.20. The molecule has 0 bridgehead atoms. The first-order chi connectivity index (χ1) is 13.9. The molecule has 158 valence electrons. The number of aliphatic hydroxyl groups is 1. The molecular formula is C20H26N2O6S. The van der Waals surface area contributed by atoms with E-state index in [4.69, 9.17) is 9.47 Å². The normalized spacial score (nSPS) is 12.4. The minimum atomic E-state index is -3.93. The van der Waals surface area contributed by atoms with Gasteiger partial charge in [-0.15, -0.1) is 0 Å². The Labute approximate surface area is 170 Å². The van der Waals surface area contributed by atoms with Gasteiger partial charge < -0.3 is 14.6 Å². The average molecular weight is 423 g/mol. The van der Waals surface area contributed by atoms with E-state index in [0.717, 1.165) is 0 Å². The molecule has 0 aliphatic heterocycles. The molecule has 0 spiro atoms. The fourth-order valence-corrected chi connectivity index (χ4v) is 3.60. The van der Waals surface area contributed by atoms with E-state index in [1.54, 1.807) is 30.3 Å². The molecule has 2 N–H and O–H groups in total. The number of amides is 1. The number of rotatable bonds is 11. The summed E-state index contributed by atoms with van der Waals surface area (Å²) < 4.78 is 37.2. The lowest BCUT2D eigenvalue weighted by molar-refractivity contribution is 0.0980. The van der Waals surface area contributed by atoms with Crippen molar-refractivity contribution in [3.63, 3.8) is 0 Å². The van der Waals surface area contributed by atoms with Crippen LogP contribution < -0.4 is 9.46 Å².